The first-order valence-electron chi connectivity index (χ1n) is 7.02. The van der Waals surface area contributed by atoms with Crippen LogP contribution in [0.25, 0.3) is 11.3 Å². The van der Waals surface area contributed by atoms with Crippen LogP contribution in [0.3, 0.4) is 0 Å². The summed E-state index contributed by atoms with van der Waals surface area (Å²) in [5.74, 6) is 0.209. The summed E-state index contributed by atoms with van der Waals surface area (Å²) in [7, 11) is -3.70. The van der Waals surface area contributed by atoms with Crippen LogP contribution in [-0.4, -0.2) is 18.4 Å². The molecule has 1 heterocycles. The molecule has 23 heavy (non-hydrogen) atoms. The summed E-state index contributed by atoms with van der Waals surface area (Å²) in [6, 6.07) is 15.8. The van der Waals surface area contributed by atoms with Crippen LogP contribution in [-0.2, 0) is 10.0 Å². The summed E-state index contributed by atoms with van der Waals surface area (Å²) in [5.41, 5.74) is 2.41. The van der Waals surface area contributed by atoms with Crippen molar-refractivity contribution in [3.63, 3.8) is 0 Å². The van der Waals surface area contributed by atoms with Crippen LogP contribution in [0.4, 0.5) is 5.82 Å². The van der Waals surface area contributed by atoms with Crippen molar-refractivity contribution in [2.75, 3.05) is 4.72 Å². The predicted molar refractivity (Wildman–Crippen MR) is 89.5 cm³/mol. The largest absolute Gasteiger partial charge is 0.263 e. The van der Waals surface area contributed by atoms with Crippen molar-refractivity contribution in [3.8, 4) is 11.3 Å². The SMILES string of the molecule is Cc1ccc(-c2nccnc2NS(=O)(=O)c2ccccc2)cc1. The lowest BCUT2D eigenvalue weighted by atomic mass is 10.1. The van der Waals surface area contributed by atoms with Crippen molar-refractivity contribution in [1.29, 1.82) is 0 Å². The van der Waals surface area contributed by atoms with Crippen molar-refractivity contribution in [1.82, 2.24) is 9.97 Å². The second-order valence-electron chi connectivity index (χ2n) is 5.04. The number of rotatable bonds is 4. The van der Waals surface area contributed by atoms with E-state index < -0.39 is 10.0 Å². The Labute approximate surface area is 135 Å². The molecule has 116 valence electrons. The zero-order valence-corrected chi connectivity index (χ0v) is 13.3. The standard InChI is InChI=1S/C17H15N3O2S/c1-13-7-9-14(10-8-13)16-17(19-12-11-18-16)20-23(21,22)15-5-3-2-4-6-15/h2-12H,1H3,(H,19,20). The van der Waals surface area contributed by atoms with Crippen molar-refractivity contribution >= 4 is 15.8 Å². The molecule has 0 fully saturated rings. The van der Waals surface area contributed by atoms with E-state index in [2.05, 4.69) is 14.7 Å². The van der Waals surface area contributed by atoms with Crippen molar-refractivity contribution in [2.45, 2.75) is 11.8 Å². The number of nitrogens with zero attached hydrogens (tertiary/aromatic N) is 2. The number of hydrogen-bond acceptors (Lipinski definition) is 4. The minimum Gasteiger partial charge on any atom is -0.262 e. The minimum atomic E-state index is -3.70. The van der Waals surface area contributed by atoms with Crippen LogP contribution in [0.5, 0.6) is 0 Å². The highest BCUT2D eigenvalue weighted by Crippen LogP contribution is 2.25. The molecular weight excluding hydrogens is 310 g/mol. The van der Waals surface area contributed by atoms with Crippen LogP contribution in [0.15, 0.2) is 71.9 Å². The van der Waals surface area contributed by atoms with Crippen molar-refractivity contribution < 1.29 is 8.42 Å². The highest BCUT2D eigenvalue weighted by Gasteiger charge is 2.17. The fourth-order valence-electron chi connectivity index (χ4n) is 2.12. The molecule has 5 nitrogen and oxygen atoms in total. The van der Waals surface area contributed by atoms with Crippen LogP contribution >= 0.6 is 0 Å². The molecule has 0 bridgehead atoms. The predicted octanol–water partition coefficient (Wildman–Crippen LogP) is 3.25. The average molecular weight is 325 g/mol. The normalized spacial score (nSPS) is 11.2. The van der Waals surface area contributed by atoms with Gasteiger partial charge < -0.3 is 0 Å². The molecule has 0 saturated heterocycles. The molecule has 1 N–H and O–H groups in total. The molecule has 6 heteroatoms. The summed E-state index contributed by atoms with van der Waals surface area (Å²) >= 11 is 0. The molecule has 0 unspecified atom stereocenters. The van der Waals surface area contributed by atoms with E-state index >= 15 is 0 Å². The lowest BCUT2D eigenvalue weighted by molar-refractivity contribution is 0.601. The average Bonchev–Trinajstić information content (AvgIpc) is 2.57. The molecule has 0 aliphatic carbocycles. The monoisotopic (exact) mass is 325 g/mol. The van der Waals surface area contributed by atoms with Crippen molar-refractivity contribution in [2.24, 2.45) is 0 Å². The third kappa shape index (κ3) is 3.37. The maximum Gasteiger partial charge on any atom is 0.263 e. The van der Waals surface area contributed by atoms with Gasteiger partial charge in [-0.25, -0.2) is 13.4 Å². The summed E-state index contributed by atoms with van der Waals surface area (Å²) in [6.07, 6.45) is 3.00. The zero-order valence-electron chi connectivity index (χ0n) is 12.5. The highest BCUT2D eigenvalue weighted by atomic mass is 32.2. The fraction of sp³-hybridized carbons (Fsp3) is 0.0588. The summed E-state index contributed by atoms with van der Waals surface area (Å²) in [4.78, 5) is 8.58. The summed E-state index contributed by atoms with van der Waals surface area (Å²) in [5, 5.41) is 0. The lowest BCUT2D eigenvalue weighted by Gasteiger charge is -2.11. The van der Waals surface area contributed by atoms with Gasteiger partial charge in [0, 0.05) is 18.0 Å². The number of sulfonamides is 1. The summed E-state index contributed by atoms with van der Waals surface area (Å²) < 4.78 is 27.4. The molecule has 0 aliphatic rings. The molecule has 0 aliphatic heterocycles. The van der Waals surface area contributed by atoms with Gasteiger partial charge in [-0.3, -0.25) is 9.71 Å². The van der Waals surface area contributed by atoms with E-state index in [1.165, 1.54) is 24.5 Å². The first-order chi connectivity index (χ1) is 11.1. The molecule has 2 aromatic carbocycles. The zero-order chi connectivity index (χ0) is 16.3. The van der Waals surface area contributed by atoms with Gasteiger partial charge in [-0.05, 0) is 19.1 Å². The Hall–Kier alpha value is -2.73. The first kappa shape index (κ1) is 15.2. The van der Waals surface area contributed by atoms with Gasteiger partial charge in [0.1, 0.15) is 5.69 Å². The maximum absolute atomic E-state index is 12.5. The Bertz CT molecular complexity index is 908. The number of aryl methyl sites for hydroxylation is 1. The van der Waals surface area contributed by atoms with Gasteiger partial charge in [-0.15, -0.1) is 0 Å². The maximum atomic E-state index is 12.5. The number of anilines is 1. The Morgan fingerprint density at radius 1 is 0.870 bits per heavy atom. The van der Waals surface area contributed by atoms with Crippen LogP contribution in [0.2, 0.25) is 0 Å². The van der Waals surface area contributed by atoms with Crippen LogP contribution in [0.1, 0.15) is 5.56 Å². The van der Waals surface area contributed by atoms with Gasteiger partial charge in [0.2, 0.25) is 0 Å². The molecule has 0 atom stereocenters. The van der Waals surface area contributed by atoms with E-state index in [1.54, 1.807) is 18.2 Å². The van der Waals surface area contributed by atoms with Gasteiger partial charge in [0.15, 0.2) is 5.82 Å². The van der Waals surface area contributed by atoms with Crippen LogP contribution < -0.4 is 4.72 Å². The molecule has 0 radical (unpaired) electrons. The number of hydrogen-bond donors (Lipinski definition) is 1. The second-order valence-corrected chi connectivity index (χ2v) is 6.72. The molecule has 1 aromatic heterocycles. The van der Waals surface area contributed by atoms with E-state index in [9.17, 15) is 8.42 Å². The smallest absolute Gasteiger partial charge is 0.262 e. The number of benzene rings is 2. The Morgan fingerprint density at radius 2 is 1.52 bits per heavy atom. The van der Waals surface area contributed by atoms with E-state index in [4.69, 9.17) is 0 Å². The van der Waals surface area contributed by atoms with Gasteiger partial charge in [-0.2, -0.15) is 0 Å². The Morgan fingerprint density at radius 3 is 2.22 bits per heavy atom. The van der Waals surface area contributed by atoms with E-state index in [0.29, 0.717) is 5.69 Å². The molecule has 3 rings (SSSR count). The Balaban J connectivity index is 2.00. The van der Waals surface area contributed by atoms with Crippen molar-refractivity contribution in [3.05, 3.63) is 72.6 Å². The number of aromatic nitrogens is 2. The number of nitrogens with one attached hydrogen (secondary N) is 1. The van der Waals surface area contributed by atoms with Crippen LogP contribution in [0, 0.1) is 6.92 Å². The topological polar surface area (TPSA) is 72.0 Å². The fourth-order valence-corrected chi connectivity index (χ4v) is 3.16. The molecule has 0 amide bonds. The van der Waals surface area contributed by atoms with Gasteiger partial charge in [0.25, 0.3) is 10.0 Å². The van der Waals surface area contributed by atoms with Gasteiger partial charge >= 0.3 is 0 Å². The second kappa shape index (κ2) is 6.18. The molecule has 0 spiro atoms. The summed E-state index contributed by atoms with van der Waals surface area (Å²) in [6.45, 7) is 1.99. The highest BCUT2D eigenvalue weighted by molar-refractivity contribution is 7.92. The Kier molecular flexibility index (Phi) is 4.08. The molecule has 3 aromatic rings. The van der Waals surface area contributed by atoms with E-state index in [0.717, 1.165) is 11.1 Å². The minimum absolute atomic E-state index is 0.181. The quantitative estimate of drug-likeness (QED) is 0.799. The van der Waals surface area contributed by atoms with Gasteiger partial charge in [-0.1, -0.05) is 48.0 Å². The molecule has 0 saturated carbocycles. The lowest BCUT2D eigenvalue weighted by Crippen LogP contribution is -2.15. The van der Waals surface area contributed by atoms with E-state index in [1.807, 2.05) is 31.2 Å². The van der Waals surface area contributed by atoms with E-state index in [-0.39, 0.29) is 10.7 Å². The van der Waals surface area contributed by atoms with Gasteiger partial charge in [0.05, 0.1) is 4.90 Å². The third-order valence-electron chi connectivity index (χ3n) is 3.31. The molecular formula is C17H15N3O2S. The third-order valence-corrected chi connectivity index (χ3v) is 4.66. The first-order valence-corrected chi connectivity index (χ1v) is 8.50.